The van der Waals surface area contributed by atoms with Crippen LogP contribution in [0.3, 0.4) is 0 Å². The molecule has 17 heavy (non-hydrogen) atoms. The Kier molecular flexibility index (Phi) is 4.12. The molecule has 0 bridgehead atoms. The Morgan fingerprint density at radius 3 is 2.88 bits per heavy atom. The molecule has 2 rings (SSSR count). The average molecular weight is 251 g/mol. The van der Waals surface area contributed by atoms with Gasteiger partial charge in [0, 0.05) is 23.5 Å². The number of nitrogens with one attached hydrogen (secondary N) is 1. The van der Waals surface area contributed by atoms with Crippen molar-refractivity contribution in [3.63, 3.8) is 0 Å². The first-order valence-electron chi connectivity index (χ1n) is 5.47. The third kappa shape index (κ3) is 3.28. The number of hydrogen-bond acceptors (Lipinski definition) is 3. The maximum absolute atomic E-state index is 13.0. The summed E-state index contributed by atoms with van der Waals surface area (Å²) in [6.07, 6.45) is 0.952. The molecule has 0 atom stereocenters. The SMILES string of the molecule is Oc1c(F)cccc1CNCCc1cccs1. The first kappa shape index (κ1) is 12.1. The van der Waals surface area contributed by atoms with Crippen LogP contribution in [0.25, 0.3) is 0 Å². The van der Waals surface area contributed by atoms with Crippen molar-refractivity contribution in [3.8, 4) is 5.75 Å². The van der Waals surface area contributed by atoms with Gasteiger partial charge in [-0.25, -0.2) is 4.39 Å². The van der Waals surface area contributed by atoms with E-state index in [2.05, 4.69) is 11.4 Å². The summed E-state index contributed by atoms with van der Waals surface area (Å²) in [6.45, 7) is 1.30. The molecule has 0 radical (unpaired) electrons. The highest BCUT2D eigenvalue weighted by Gasteiger charge is 2.05. The quantitative estimate of drug-likeness (QED) is 0.801. The number of hydrogen-bond donors (Lipinski definition) is 2. The predicted molar refractivity (Wildman–Crippen MR) is 67.8 cm³/mol. The average Bonchev–Trinajstić information content (AvgIpc) is 2.83. The van der Waals surface area contributed by atoms with Crippen molar-refractivity contribution in [3.05, 3.63) is 52.0 Å². The molecule has 2 N–H and O–H groups in total. The molecule has 0 unspecified atom stereocenters. The van der Waals surface area contributed by atoms with Gasteiger partial charge in [-0.1, -0.05) is 18.2 Å². The monoisotopic (exact) mass is 251 g/mol. The van der Waals surface area contributed by atoms with Crippen LogP contribution in [0.2, 0.25) is 0 Å². The summed E-state index contributed by atoms with van der Waals surface area (Å²) in [6, 6.07) is 8.69. The Morgan fingerprint density at radius 2 is 2.12 bits per heavy atom. The number of phenols is 1. The van der Waals surface area contributed by atoms with Crippen LogP contribution in [-0.2, 0) is 13.0 Å². The Balaban J connectivity index is 1.80. The Morgan fingerprint density at radius 1 is 1.24 bits per heavy atom. The van der Waals surface area contributed by atoms with Crippen LogP contribution in [0.4, 0.5) is 4.39 Å². The smallest absolute Gasteiger partial charge is 0.165 e. The van der Waals surface area contributed by atoms with E-state index in [1.165, 1.54) is 10.9 Å². The van der Waals surface area contributed by atoms with Crippen LogP contribution in [0.15, 0.2) is 35.7 Å². The van der Waals surface area contributed by atoms with Crippen molar-refractivity contribution in [2.24, 2.45) is 0 Å². The molecule has 2 aromatic rings. The van der Waals surface area contributed by atoms with Gasteiger partial charge in [0.25, 0.3) is 0 Å². The van der Waals surface area contributed by atoms with Gasteiger partial charge in [0.2, 0.25) is 0 Å². The number of halogens is 1. The van der Waals surface area contributed by atoms with E-state index in [1.807, 2.05) is 11.4 Å². The van der Waals surface area contributed by atoms with Crippen molar-refractivity contribution in [2.45, 2.75) is 13.0 Å². The summed E-state index contributed by atoms with van der Waals surface area (Å²) in [5.41, 5.74) is 0.594. The Hall–Kier alpha value is -1.39. The van der Waals surface area contributed by atoms with E-state index in [1.54, 1.807) is 23.5 Å². The molecular formula is C13H14FNOS. The molecule has 4 heteroatoms. The Bertz CT molecular complexity index is 470. The predicted octanol–water partition coefficient (Wildman–Crippen LogP) is 2.93. The fraction of sp³-hybridized carbons (Fsp3) is 0.231. The van der Waals surface area contributed by atoms with E-state index in [0.717, 1.165) is 13.0 Å². The summed E-state index contributed by atoms with van der Waals surface area (Å²) in [5, 5.41) is 14.7. The third-order valence-corrected chi connectivity index (χ3v) is 3.45. The van der Waals surface area contributed by atoms with Crippen LogP contribution >= 0.6 is 11.3 Å². The molecule has 2 nitrogen and oxygen atoms in total. The van der Waals surface area contributed by atoms with E-state index in [-0.39, 0.29) is 5.75 Å². The van der Waals surface area contributed by atoms with Crippen LogP contribution in [0.1, 0.15) is 10.4 Å². The van der Waals surface area contributed by atoms with Gasteiger partial charge in [0.05, 0.1) is 0 Å². The summed E-state index contributed by atoms with van der Waals surface area (Å²) in [4.78, 5) is 1.32. The lowest BCUT2D eigenvalue weighted by Crippen LogP contribution is -2.16. The number of thiophene rings is 1. The molecule has 1 aromatic heterocycles. The molecule has 1 heterocycles. The number of aromatic hydroxyl groups is 1. The van der Waals surface area contributed by atoms with Crippen molar-refractivity contribution in [1.29, 1.82) is 0 Å². The van der Waals surface area contributed by atoms with Crippen molar-refractivity contribution < 1.29 is 9.50 Å². The van der Waals surface area contributed by atoms with Gasteiger partial charge in [-0.3, -0.25) is 0 Å². The van der Waals surface area contributed by atoms with Crippen LogP contribution in [-0.4, -0.2) is 11.7 Å². The van der Waals surface area contributed by atoms with Gasteiger partial charge in [-0.2, -0.15) is 0 Å². The van der Waals surface area contributed by atoms with E-state index < -0.39 is 5.82 Å². The second kappa shape index (κ2) is 5.80. The van der Waals surface area contributed by atoms with E-state index >= 15 is 0 Å². The summed E-state index contributed by atoms with van der Waals surface area (Å²) < 4.78 is 13.0. The molecule has 0 saturated heterocycles. The minimum Gasteiger partial charge on any atom is -0.505 e. The lowest BCUT2D eigenvalue weighted by molar-refractivity contribution is 0.423. The molecule has 90 valence electrons. The topological polar surface area (TPSA) is 32.3 Å². The van der Waals surface area contributed by atoms with Gasteiger partial charge < -0.3 is 10.4 Å². The van der Waals surface area contributed by atoms with E-state index in [0.29, 0.717) is 12.1 Å². The second-order valence-electron chi connectivity index (χ2n) is 3.75. The lowest BCUT2D eigenvalue weighted by Gasteiger charge is -2.06. The normalized spacial score (nSPS) is 10.6. The first-order chi connectivity index (χ1) is 8.27. The van der Waals surface area contributed by atoms with Gasteiger partial charge in [0.1, 0.15) is 0 Å². The second-order valence-corrected chi connectivity index (χ2v) is 4.79. The van der Waals surface area contributed by atoms with Crippen molar-refractivity contribution >= 4 is 11.3 Å². The summed E-state index contributed by atoms with van der Waals surface area (Å²) in [7, 11) is 0. The zero-order valence-electron chi connectivity index (χ0n) is 9.32. The zero-order valence-corrected chi connectivity index (χ0v) is 10.1. The van der Waals surface area contributed by atoms with E-state index in [9.17, 15) is 9.50 Å². The van der Waals surface area contributed by atoms with Crippen molar-refractivity contribution in [1.82, 2.24) is 5.32 Å². The molecule has 0 aliphatic heterocycles. The third-order valence-electron chi connectivity index (χ3n) is 2.51. The number of para-hydroxylation sites is 1. The zero-order chi connectivity index (χ0) is 12.1. The number of rotatable bonds is 5. The highest BCUT2D eigenvalue weighted by atomic mass is 32.1. The standard InChI is InChI=1S/C13H14FNOS/c14-12-5-1-3-10(13(12)16)9-15-7-6-11-4-2-8-17-11/h1-5,8,15-16H,6-7,9H2. The maximum atomic E-state index is 13.0. The van der Waals surface area contributed by atoms with Gasteiger partial charge in [-0.15, -0.1) is 11.3 Å². The van der Waals surface area contributed by atoms with Gasteiger partial charge in [-0.05, 0) is 23.9 Å². The minimum atomic E-state index is -0.567. The molecular weight excluding hydrogens is 237 g/mol. The molecule has 1 aromatic carbocycles. The fourth-order valence-electron chi connectivity index (χ4n) is 1.59. The maximum Gasteiger partial charge on any atom is 0.165 e. The van der Waals surface area contributed by atoms with Crippen LogP contribution in [0, 0.1) is 5.82 Å². The van der Waals surface area contributed by atoms with E-state index in [4.69, 9.17) is 0 Å². The van der Waals surface area contributed by atoms with Crippen LogP contribution in [0.5, 0.6) is 5.75 Å². The number of benzene rings is 1. The minimum absolute atomic E-state index is 0.254. The highest BCUT2D eigenvalue weighted by Crippen LogP contribution is 2.20. The Labute approximate surface area is 104 Å². The lowest BCUT2D eigenvalue weighted by atomic mass is 10.2. The highest BCUT2D eigenvalue weighted by molar-refractivity contribution is 7.09. The van der Waals surface area contributed by atoms with Gasteiger partial charge >= 0.3 is 0 Å². The molecule has 0 aliphatic rings. The first-order valence-corrected chi connectivity index (χ1v) is 6.35. The molecule has 0 aliphatic carbocycles. The van der Waals surface area contributed by atoms with Crippen LogP contribution < -0.4 is 5.32 Å². The summed E-state index contributed by atoms with van der Waals surface area (Å²) >= 11 is 1.73. The molecule has 0 spiro atoms. The summed E-state index contributed by atoms with van der Waals surface area (Å²) in [5.74, 6) is -0.821. The fourth-order valence-corrected chi connectivity index (χ4v) is 2.30. The molecule has 0 amide bonds. The molecule has 0 fully saturated rings. The largest absolute Gasteiger partial charge is 0.505 e. The number of phenolic OH excluding ortho intramolecular Hbond substituents is 1. The molecule has 0 saturated carbocycles. The van der Waals surface area contributed by atoms with Gasteiger partial charge in [0.15, 0.2) is 11.6 Å². The van der Waals surface area contributed by atoms with Crippen molar-refractivity contribution in [2.75, 3.05) is 6.54 Å².